The van der Waals surface area contributed by atoms with Crippen molar-refractivity contribution in [2.24, 2.45) is 5.92 Å². The fourth-order valence-electron chi connectivity index (χ4n) is 2.91. The highest BCUT2D eigenvalue weighted by molar-refractivity contribution is 5.90. The minimum atomic E-state index is -0.294. The molecule has 2 aromatic carbocycles. The Morgan fingerprint density at radius 1 is 1.05 bits per heavy atom. The molecule has 0 atom stereocenters. The fourth-order valence-corrected chi connectivity index (χ4v) is 2.91. The average molecular weight is 283 g/mol. The first-order valence-electron chi connectivity index (χ1n) is 7.31. The van der Waals surface area contributed by atoms with E-state index in [0.29, 0.717) is 23.9 Å². The molecule has 3 rings (SSSR count). The minimum absolute atomic E-state index is 0.0121. The molecular formula is C18H18FNO. The van der Waals surface area contributed by atoms with Crippen LogP contribution in [0.1, 0.15) is 30.7 Å². The number of carbonyl (C=O) groups excluding carboxylic acids is 1. The summed E-state index contributed by atoms with van der Waals surface area (Å²) in [7, 11) is 0. The van der Waals surface area contributed by atoms with E-state index in [1.807, 2.05) is 6.07 Å². The lowest BCUT2D eigenvalue weighted by molar-refractivity contribution is -0.117. The molecule has 1 amide bonds. The molecular weight excluding hydrogens is 265 g/mol. The molecule has 1 saturated carbocycles. The summed E-state index contributed by atoms with van der Waals surface area (Å²) in [4.78, 5) is 11.9. The van der Waals surface area contributed by atoms with Gasteiger partial charge in [0, 0.05) is 12.1 Å². The quantitative estimate of drug-likeness (QED) is 0.888. The summed E-state index contributed by atoms with van der Waals surface area (Å²) in [5, 5.41) is 2.82. The topological polar surface area (TPSA) is 29.1 Å². The second-order valence-corrected chi connectivity index (χ2v) is 5.70. The molecule has 0 unspecified atom stereocenters. The maximum absolute atomic E-state index is 12.8. The number of amides is 1. The van der Waals surface area contributed by atoms with Gasteiger partial charge in [-0.1, -0.05) is 30.3 Å². The first-order valence-corrected chi connectivity index (χ1v) is 7.31. The van der Waals surface area contributed by atoms with Gasteiger partial charge >= 0.3 is 0 Å². The smallest absolute Gasteiger partial charge is 0.224 e. The summed E-state index contributed by atoms with van der Waals surface area (Å²) in [5.41, 5.74) is 2.02. The van der Waals surface area contributed by atoms with E-state index in [-0.39, 0.29) is 11.7 Å². The van der Waals surface area contributed by atoms with Gasteiger partial charge in [0.05, 0.1) is 0 Å². The lowest BCUT2D eigenvalue weighted by Crippen LogP contribution is -2.26. The van der Waals surface area contributed by atoms with Crippen molar-refractivity contribution in [2.45, 2.75) is 25.2 Å². The van der Waals surface area contributed by atoms with Gasteiger partial charge in [-0.3, -0.25) is 4.79 Å². The lowest BCUT2D eigenvalue weighted by atomic mass is 9.70. The van der Waals surface area contributed by atoms with Crippen LogP contribution in [0.4, 0.5) is 10.1 Å². The van der Waals surface area contributed by atoms with E-state index in [2.05, 4.69) is 29.6 Å². The van der Waals surface area contributed by atoms with E-state index < -0.39 is 0 Å². The van der Waals surface area contributed by atoms with Crippen LogP contribution in [-0.2, 0) is 4.79 Å². The van der Waals surface area contributed by atoms with Crippen molar-refractivity contribution in [3.8, 4) is 0 Å². The molecule has 2 nitrogen and oxygen atoms in total. The maximum atomic E-state index is 12.8. The monoisotopic (exact) mass is 283 g/mol. The molecule has 1 N–H and O–H groups in total. The first-order chi connectivity index (χ1) is 10.2. The molecule has 0 spiro atoms. The third-order valence-corrected chi connectivity index (χ3v) is 4.11. The van der Waals surface area contributed by atoms with Gasteiger partial charge in [0.25, 0.3) is 0 Å². The van der Waals surface area contributed by atoms with Crippen LogP contribution in [0, 0.1) is 11.7 Å². The van der Waals surface area contributed by atoms with Crippen LogP contribution in [0.25, 0.3) is 0 Å². The molecule has 1 aliphatic carbocycles. The van der Waals surface area contributed by atoms with Crippen LogP contribution in [0.3, 0.4) is 0 Å². The van der Waals surface area contributed by atoms with E-state index in [1.54, 1.807) is 12.1 Å². The molecule has 0 saturated heterocycles. The van der Waals surface area contributed by atoms with Crippen molar-refractivity contribution in [3.05, 3.63) is 66.0 Å². The van der Waals surface area contributed by atoms with Gasteiger partial charge in [0.15, 0.2) is 0 Å². The van der Waals surface area contributed by atoms with Crippen molar-refractivity contribution in [1.29, 1.82) is 0 Å². The second kappa shape index (κ2) is 6.08. The van der Waals surface area contributed by atoms with Crippen LogP contribution in [0.15, 0.2) is 54.6 Å². The Balaban J connectivity index is 1.46. The van der Waals surface area contributed by atoms with Gasteiger partial charge in [-0.25, -0.2) is 4.39 Å². The molecule has 21 heavy (non-hydrogen) atoms. The van der Waals surface area contributed by atoms with Crippen molar-refractivity contribution < 1.29 is 9.18 Å². The Morgan fingerprint density at radius 3 is 2.38 bits per heavy atom. The summed E-state index contributed by atoms with van der Waals surface area (Å²) in [5.74, 6) is 0.765. The number of anilines is 1. The predicted octanol–water partition coefficient (Wildman–Crippen LogP) is 4.35. The zero-order valence-corrected chi connectivity index (χ0v) is 11.8. The third kappa shape index (κ3) is 3.48. The van der Waals surface area contributed by atoms with Crippen molar-refractivity contribution in [2.75, 3.05) is 5.32 Å². The van der Waals surface area contributed by atoms with E-state index in [4.69, 9.17) is 0 Å². The number of carbonyl (C=O) groups is 1. The minimum Gasteiger partial charge on any atom is -0.326 e. The Kier molecular flexibility index (Phi) is 4.00. The normalized spacial score (nSPS) is 20.6. The molecule has 0 aliphatic heterocycles. The summed E-state index contributed by atoms with van der Waals surface area (Å²) in [6.07, 6.45) is 2.68. The highest BCUT2D eigenvalue weighted by Gasteiger charge is 2.31. The molecule has 3 heteroatoms. The number of hydrogen-bond donors (Lipinski definition) is 1. The molecule has 0 bridgehead atoms. The average Bonchev–Trinajstić information content (AvgIpc) is 2.46. The van der Waals surface area contributed by atoms with Crippen molar-refractivity contribution in [3.63, 3.8) is 0 Å². The van der Waals surface area contributed by atoms with Gasteiger partial charge < -0.3 is 5.32 Å². The Bertz CT molecular complexity index is 603. The number of benzene rings is 2. The first kappa shape index (κ1) is 13.8. The molecule has 0 radical (unpaired) electrons. The molecule has 108 valence electrons. The summed E-state index contributed by atoms with van der Waals surface area (Å²) < 4.78 is 12.8. The number of nitrogens with one attached hydrogen (secondary N) is 1. The van der Waals surface area contributed by atoms with E-state index in [0.717, 1.165) is 12.8 Å². The Morgan fingerprint density at radius 2 is 1.71 bits per heavy atom. The van der Waals surface area contributed by atoms with Gasteiger partial charge in [0.2, 0.25) is 5.91 Å². The van der Waals surface area contributed by atoms with Gasteiger partial charge in [0.1, 0.15) is 5.82 Å². The Hall–Kier alpha value is -2.16. The number of rotatable bonds is 4. The second-order valence-electron chi connectivity index (χ2n) is 5.70. The van der Waals surface area contributed by atoms with Crippen LogP contribution in [0.2, 0.25) is 0 Å². The maximum Gasteiger partial charge on any atom is 0.224 e. The highest BCUT2D eigenvalue weighted by atomic mass is 19.1. The molecule has 0 aromatic heterocycles. The number of halogens is 1. The standard InChI is InChI=1S/C18H18FNO/c19-16-6-8-17(9-7-16)20-18(21)12-13-10-15(11-13)14-4-2-1-3-5-14/h1-9,13,15H,10-12H2,(H,20,21). The number of hydrogen-bond acceptors (Lipinski definition) is 1. The summed E-state index contributed by atoms with van der Waals surface area (Å²) >= 11 is 0. The molecule has 0 heterocycles. The van der Waals surface area contributed by atoms with Gasteiger partial charge in [-0.2, -0.15) is 0 Å². The fraction of sp³-hybridized carbons (Fsp3) is 0.278. The van der Waals surface area contributed by atoms with E-state index in [1.165, 1.54) is 17.7 Å². The zero-order valence-electron chi connectivity index (χ0n) is 11.8. The van der Waals surface area contributed by atoms with Crippen molar-refractivity contribution in [1.82, 2.24) is 0 Å². The molecule has 1 fully saturated rings. The predicted molar refractivity (Wildman–Crippen MR) is 81.6 cm³/mol. The van der Waals surface area contributed by atoms with Gasteiger partial charge in [-0.15, -0.1) is 0 Å². The summed E-state index contributed by atoms with van der Waals surface area (Å²) in [6, 6.07) is 16.3. The molecule has 2 aromatic rings. The third-order valence-electron chi connectivity index (χ3n) is 4.11. The largest absolute Gasteiger partial charge is 0.326 e. The van der Waals surface area contributed by atoms with E-state index in [9.17, 15) is 9.18 Å². The molecule has 1 aliphatic rings. The summed E-state index contributed by atoms with van der Waals surface area (Å²) in [6.45, 7) is 0. The van der Waals surface area contributed by atoms with Crippen LogP contribution < -0.4 is 5.32 Å². The van der Waals surface area contributed by atoms with Crippen LogP contribution in [0.5, 0.6) is 0 Å². The zero-order chi connectivity index (χ0) is 14.7. The highest BCUT2D eigenvalue weighted by Crippen LogP contribution is 2.43. The van der Waals surface area contributed by atoms with Gasteiger partial charge in [-0.05, 0) is 54.5 Å². The van der Waals surface area contributed by atoms with Crippen LogP contribution in [-0.4, -0.2) is 5.91 Å². The Labute approximate surface area is 124 Å². The van der Waals surface area contributed by atoms with Crippen molar-refractivity contribution >= 4 is 11.6 Å². The SMILES string of the molecule is O=C(CC1CC(c2ccccc2)C1)Nc1ccc(F)cc1. The van der Waals surface area contributed by atoms with Crippen LogP contribution >= 0.6 is 0 Å². The lowest BCUT2D eigenvalue weighted by Gasteiger charge is -2.35. The van der Waals surface area contributed by atoms with E-state index >= 15 is 0 Å².